The highest BCUT2D eigenvalue weighted by Crippen LogP contribution is 2.24. The number of carbonyl (C=O) groups is 2. The maximum absolute atomic E-state index is 12.0. The van der Waals surface area contributed by atoms with Gasteiger partial charge in [0.1, 0.15) is 23.2 Å². The Morgan fingerprint density at radius 3 is 2.58 bits per heavy atom. The fourth-order valence-electron chi connectivity index (χ4n) is 2.24. The van der Waals surface area contributed by atoms with Gasteiger partial charge >= 0.3 is 5.97 Å². The van der Waals surface area contributed by atoms with Crippen LogP contribution in [0.2, 0.25) is 0 Å². The first-order valence-electron chi connectivity index (χ1n) is 8.27. The zero-order chi connectivity index (χ0) is 18.9. The number of rotatable bonds is 7. The van der Waals surface area contributed by atoms with E-state index in [1.165, 1.54) is 13.2 Å². The zero-order valence-electron chi connectivity index (χ0n) is 14.7. The Morgan fingerprint density at radius 2 is 1.96 bits per heavy atom. The summed E-state index contributed by atoms with van der Waals surface area (Å²) in [6.45, 7) is 2.56. The SMILES string of the molecule is CCCCNC(=O)/C(C#N)=C/c1ccc(-c2ccc(C(=O)OC)cc2)o1. The number of nitrogens with one attached hydrogen (secondary N) is 1. The number of amides is 1. The fourth-order valence-corrected chi connectivity index (χ4v) is 2.24. The number of carbonyl (C=O) groups excluding carboxylic acids is 2. The minimum atomic E-state index is -0.415. The smallest absolute Gasteiger partial charge is 0.337 e. The van der Waals surface area contributed by atoms with E-state index in [0.717, 1.165) is 18.4 Å². The van der Waals surface area contributed by atoms with Crippen molar-refractivity contribution in [1.29, 1.82) is 5.26 Å². The third-order valence-corrected chi connectivity index (χ3v) is 3.68. The molecule has 0 saturated heterocycles. The third-order valence-electron chi connectivity index (χ3n) is 3.68. The van der Waals surface area contributed by atoms with Crippen molar-refractivity contribution >= 4 is 18.0 Å². The number of nitrogens with zero attached hydrogens (tertiary/aromatic N) is 1. The molecule has 0 fully saturated rings. The van der Waals surface area contributed by atoms with Crippen LogP contribution in [-0.2, 0) is 9.53 Å². The highest BCUT2D eigenvalue weighted by Gasteiger charge is 2.11. The summed E-state index contributed by atoms with van der Waals surface area (Å²) >= 11 is 0. The van der Waals surface area contributed by atoms with Gasteiger partial charge in [-0.2, -0.15) is 5.26 Å². The van der Waals surface area contributed by atoms with Crippen LogP contribution in [0.1, 0.15) is 35.9 Å². The van der Waals surface area contributed by atoms with Crippen molar-refractivity contribution in [1.82, 2.24) is 5.32 Å². The molecule has 1 amide bonds. The molecule has 6 nitrogen and oxygen atoms in total. The molecule has 0 unspecified atom stereocenters. The number of furan rings is 1. The van der Waals surface area contributed by atoms with E-state index in [2.05, 4.69) is 10.1 Å². The first-order valence-corrected chi connectivity index (χ1v) is 8.27. The van der Waals surface area contributed by atoms with E-state index in [9.17, 15) is 14.9 Å². The summed E-state index contributed by atoms with van der Waals surface area (Å²) in [7, 11) is 1.33. The topological polar surface area (TPSA) is 92.3 Å². The summed E-state index contributed by atoms with van der Waals surface area (Å²) in [5.41, 5.74) is 1.20. The summed E-state index contributed by atoms with van der Waals surface area (Å²) in [6, 6.07) is 12.1. The standard InChI is InChI=1S/C20H20N2O4/c1-3-4-11-22-19(23)16(13-21)12-17-9-10-18(26-17)14-5-7-15(8-6-14)20(24)25-2/h5-10,12H,3-4,11H2,1-2H3,(H,22,23)/b16-12+. The van der Waals surface area contributed by atoms with Gasteiger partial charge in [0.25, 0.3) is 5.91 Å². The molecule has 2 aromatic rings. The van der Waals surface area contributed by atoms with E-state index in [-0.39, 0.29) is 5.57 Å². The summed E-state index contributed by atoms with van der Waals surface area (Å²) in [4.78, 5) is 23.4. The van der Waals surface area contributed by atoms with E-state index in [1.54, 1.807) is 36.4 Å². The van der Waals surface area contributed by atoms with Gasteiger partial charge in [-0.05, 0) is 30.7 Å². The minimum absolute atomic E-state index is 0.0111. The fraction of sp³-hybridized carbons (Fsp3) is 0.250. The Morgan fingerprint density at radius 1 is 1.23 bits per heavy atom. The lowest BCUT2D eigenvalue weighted by Gasteiger charge is -2.02. The Balaban J connectivity index is 2.14. The zero-order valence-corrected chi connectivity index (χ0v) is 14.7. The molecule has 0 bridgehead atoms. The van der Waals surface area contributed by atoms with Crippen LogP contribution in [0.4, 0.5) is 0 Å². The average Bonchev–Trinajstić information content (AvgIpc) is 3.14. The molecule has 1 aromatic heterocycles. The van der Waals surface area contributed by atoms with Crippen LogP contribution < -0.4 is 5.32 Å². The van der Waals surface area contributed by atoms with Gasteiger partial charge in [-0.3, -0.25) is 4.79 Å². The summed E-state index contributed by atoms with van der Waals surface area (Å²) in [5.74, 6) is 0.143. The number of hydrogen-bond donors (Lipinski definition) is 1. The summed E-state index contributed by atoms with van der Waals surface area (Å²) in [5, 5.41) is 11.9. The Labute approximate surface area is 152 Å². The number of methoxy groups -OCH3 is 1. The first-order chi connectivity index (χ1) is 12.6. The molecule has 0 aliphatic heterocycles. The van der Waals surface area contributed by atoms with Crippen molar-refractivity contribution in [3.05, 3.63) is 53.3 Å². The minimum Gasteiger partial charge on any atom is -0.465 e. The van der Waals surface area contributed by atoms with Crippen molar-refractivity contribution < 1.29 is 18.7 Å². The van der Waals surface area contributed by atoms with Crippen LogP contribution in [0.5, 0.6) is 0 Å². The molecule has 0 spiro atoms. The maximum Gasteiger partial charge on any atom is 0.337 e. The Hall–Kier alpha value is -3.33. The van der Waals surface area contributed by atoms with Crippen molar-refractivity contribution in [2.24, 2.45) is 0 Å². The van der Waals surface area contributed by atoms with Crippen molar-refractivity contribution in [2.45, 2.75) is 19.8 Å². The molecule has 0 aliphatic rings. The quantitative estimate of drug-likeness (QED) is 0.356. The van der Waals surface area contributed by atoms with Gasteiger partial charge in [0, 0.05) is 18.2 Å². The number of unbranched alkanes of at least 4 members (excludes halogenated alkanes) is 1. The lowest BCUT2D eigenvalue weighted by Crippen LogP contribution is -2.25. The summed E-state index contributed by atoms with van der Waals surface area (Å²) < 4.78 is 10.3. The predicted molar refractivity (Wildman–Crippen MR) is 97.0 cm³/mol. The second-order valence-electron chi connectivity index (χ2n) is 5.55. The number of nitriles is 1. The molecule has 1 N–H and O–H groups in total. The van der Waals surface area contributed by atoms with Crippen LogP contribution >= 0.6 is 0 Å². The average molecular weight is 352 g/mol. The molecule has 0 radical (unpaired) electrons. The maximum atomic E-state index is 12.0. The molecule has 1 aromatic carbocycles. The van der Waals surface area contributed by atoms with Gasteiger partial charge in [-0.1, -0.05) is 25.5 Å². The molecule has 0 saturated carbocycles. The highest BCUT2D eigenvalue weighted by atomic mass is 16.5. The van der Waals surface area contributed by atoms with Gasteiger partial charge < -0.3 is 14.5 Å². The van der Waals surface area contributed by atoms with Gasteiger partial charge in [-0.15, -0.1) is 0 Å². The van der Waals surface area contributed by atoms with Crippen molar-refractivity contribution in [3.63, 3.8) is 0 Å². The number of esters is 1. The van der Waals surface area contributed by atoms with Gasteiger partial charge in [0.15, 0.2) is 0 Å². The molecular formula is C20H20N2O4. The van der Waals surface area contributed by atoms with E-state index in [1.807, 2.05) is 13.0 Å². The Bertz CT molecular complexity index is 841. The van der Waals surface area contributed by atoms with E-state index in [0.29, 0.717) is 23.6 Å². The van der Waals surface area contributed by atoms with Crippen molar-refractivity contribution in [2.75, 3.05) is 13.7 Å². The lowest BCUT2D eigenvalue weighted by molar-refractivity contribution is -0.117. The van der Waals surface area contributed by atoms with E-state index < -0.39 is 11.9 Å². The van der Waals surface area contributed by atoms with Crippen LogP contribution in [0, 0.1) is 11.3 Å². The van der Waals surface area contributed by atoms with E-state index >= 15 is 0 Å². The molecule has 134 valence electrons. The molecule has 2 rings (SSSR count). The largest absolute Gasteiger partial charge is 0.465 e. The predicted octanol–water partition coefficient (Wildman–Crippen LogP) is 3.56. The summed E-state index contributed by atoms with van der Waals surface area (Å²) in [6.07, 6.45) is 3.23. The molecule has 1 heterocycles. The van der Waals surface area contributed by atoms with Crippen LogP contribution in [0.3, 0.4) is 0 Å². The second-order valence-corrected chi connectivity index (χ2v) is 5.55. The highest BCUT2D eigenvalue weighted by molar-refractivity contribution is 6.01. The van der Waals surface area contributed by atoms with Gasteiger partial charge in [-0.25, -0.2) is 4.79 Å². The number of ether oxygens (including phenoxy) is 1. The molecule has 6 heteroatoms. The third kappa shape index (κ3) is 4.84. The van der Waals surface area contributed by atoms with Crippen LogP contribution in [-0.4, -0.2) is 25.5 Å². The monoisotopic (exact) mass is 352 g/mol. The second kappa shape index (κ2) is 9.23. The molecule has 0 atom stereocenters. The van der Waals surface area contributed by atoms with Crippen LogP contribution in [0.25, 0.3) is 17.4 Å². The van der Waals surface area contributed by atoms with E-state index in [4.69, 9.17) is 4.42 Å². The number of benzene rings is 1. The lowest BCUT2D eigenvalue weighted by atomic mass is 10.1. The molecular weight excluding hydrogens is 332 g/mol. The van der Waals surface area contributed by atoms with Gasteiger partial charge in [0.2, 0.25) is 0 Å². The normalized spacial score (nSPS) is 10.9. The molecule has 26 heavy (non-hydrogen) atoms. The van der Waals surface area contributed by atoms with Gasteiger partial charge in [0.05, 0.1) is 12.7 Å². The Kier molecular flexibility index (Phi) is 6.75. The first kappa shape index (κ1) is 19.0. The van der Waals surface area contributed by atoms with Crippen molar-refractivity contribution in [3.8, 4) is 17.4 Å². The number of hydrogen-bond acceptors (Lipinski definition) is 5. The molecule has 0 aliphatic carbocycles. The van der Waals surface area contributed by atoms with Crippen LogP contribution in [0.15, 0.2) is 46.4 Å².